The van der Waals surface area contributed by atoms with Crippen LogP contribution in [-0.4, -0.2) is 35.0 Å². The highest BCUT2D eigenvalue weighted by atomic mass is 32.1. The summed E-state index contributed by atoms with van der Waals surface area (Å²) < 4.78 is 5.63. The van der Waals surface area contributed by atoms with Gasteiger partial charge in [-0.25, -0.2) is 4.98 Å². The lowest BCUT2D eigenvalue weighted by Crippen LogP contribution is -2.30. The molecule has 0 bridgehead atoms. The first-order valence-corrected chi connectivity index (χ1v) is 9.28. The van der Waals surface area contributed by atoms with Crippen LogP contribution in [0.25, 0.3) is 0 Å². The summed E-state index contributed by atoms with van der Waals surface area (Å²) in [5.41, 5.74) is 1.02. The molecule has 1 N–H and O–H groups in total. The fourth-order valence-corrected chi connectivity index (χ4v) is 3.45. The van der Waals surface area contributed by atoms with E-state index in [1.807, 2.05) is 35.7 Å². The molecule has 1 atom stereocenters. The standard InChI is InChI=1S/C18H23N3O2S/c1-14(23-16-8-4-2-5-9-16)17(22)20-18-19-15(13-24-18)12-21-10-6-3-7-11-21/h2,4-5,8-9,13-14H,3,6-7,10-12H2,1H3,(H,19,20,22)/t14-/m0/s1. The molecular formula is C18H23N3O2S. The molecule has 1 aromatic carbocycles. The van der Waals surface area contributed by atoms with Crippen molar-refractivity contribution >= 4 is 22.4 Å². The second-order valence-electron chi connectivity index (χ2n) is 6.04. The third-order valence-corrected chi connectivity index (χ3v) is 4.85. The zero-order valence-corrected chi connectivity index (χ0v) is 14.7. The van der Waals surface area contributed by atoms with Crippen molar-refractivity contribution in [1.29, 1.82) is 0 Å². The van der Waals surface area contributed by atoms with Gasteiger partial charge in [-0.05, 0) is 45.0 Å². The molecule has 3 rings (SSSR count). The number of nitrogens with one attached hydrogen (secondary N) is 1. The van der Waals surface area contributed by atoms with Crippen LogP contribution in [0.1, 0.15) is 31.9 Å². The third kappa shape index (κ3) is 4.79. The largest absolute Gasteiger partial charge is 0.481 e. The van der Waals surface area contributed by atoms with Crippen molar-refractivity contribution in [3.8, 4) is 5.75 Å². The molecule has 0 unspecified atom stereocenters. The molecule has 0 saturated carbocycles. The lowest BCUT2D eigenvalue weighted by molar-refractivity contribution is -0.122. The molecule has 128 valence electrons. The Hall–Kier alpha value is -1.92. The predicted octanol–water partition coefficient (Wildman–Crippen LogP) is 3.54. The quantitative estimate of drug-likeness (QED) is 0.870. The molecule has 24 heavy (non-hydrogen) atoms. The summed E-state index contributed by atoms with van der Waals surface area (Å²) >= 11 is 1.46. The van der Waals surface area contributed by atoms with Crippen molar-refractivity contribution in [3.05, 3.63) is 41.4 Å². The number of para-hydroxylation sites is 1. The number of rotatable bonds is 6. The van der Waals surface area contributed by atoms with E-state index in [4.69, 9.17) is 4.74 Å². The molecule has 1 saturated heterocycles. The Bertz CT molecular complexity index is 653. The van der Waals surface area contributed by atoms with E-state index < -0.39 is 6.10 Å². The number of thiazole rings is 1. The number of piperidine rings is 1. The van der Waals surface area contributed by atoms with Gasteiger partial charge in [-0.1, -0.05) is 24.6 Å². The smallest absolute Gasteiger partial charge is 0.266 e. The second kappa shape index (κ2) is 8.26. The van der Waals surface area contributed by atoms with Gasteiger partial charge in [-0.2, -0.15) is 0 Å². The first-order valence-electron chi connectivity index (χ1n) is 8.40. The van der Waals surface area contributed by atoms with Crippen LogP contribution in [0.5, 0.6) is 5.75 Å². The van der Waals surface area contributed by atoms with Gasteiger partial charge in [0.2, 0.25) is 0 Å². The number of amides is 1. The Morgan fingerprint density at radius 3 is 2.79 bits per heavy atom. The highest BCUT2D eigenvalue weighted by Crippen LogP contribution is 2.19. The van der Waals surface area contributed by atoms with Crippen molar-refractivity contribution in [3.63, 3.8) is 0 Å². The zero-order chi connectivity index (χ0) is 16.8. The number of ether oxygens (including phenoxy) is 1. The number of nitrogens with zero attached hydrogens (tertiary/aromatic N) is 2. The van der Waals surface area contributed by atoms with Gasteiger partial charge >= 0.3 is 0 Å². The summed E-state index contributed by atoms with van der Waals surface area (Å²) in [6.45, 7) is 4.88. The van der Waals surface area contributed by atoms with Crippen molar-refractivity contribution < 1.29 is 9.53 Å². The second-order valence-corrected chi connectivity index (χ2v) is 6.90. The van der Waals surface area contributed by atoms with Gasteiger partial charge in [0.05, 0.1) is 5.69 Å². The molecule has 1 fully saturated rings. The van der Waals surface area contributed by atoms with E-state index in [0.29, 0.717) is 10.9 Å². The average molecular weight is 345 g/mol. The molecular weight excluding hydrogens is 322 g/mol. The van der Waals surface area contributed by atoms with Gasteiger partial charge in [0.15, 0.2) is 11.2 Å². The minimum atomic E-state index is -0.568. The first kappa shape index (κ1) is 16.9. The van der Waals surface area contributed by atoms with Crippen molar-refractivity contribution in [1.82, 2.24) is 9.88 Å². The van der Waals surface area contributed by atoms with E-state index in [1.54, 1.807) is 6.92 Å². The zero-order valence-electron chi connectivity index (χ0n) is 13.9. The summed E-state index contributed by atoms with van der Waals surface area (Å²) in [6, 6.07) is 9.35. The molecule has 1 aliphatic heterocycles. The number of hydrogen-bond acceptors (Lipinski definition) is 5. The highest BCUT2D eigenvalue weighted by Gasteiger charge is 2.17. The minimum Gasteiger partial charge on any atom is -0.481 e. The molecule has 0 radical (unpaired) electrons. The normalized spacial score (nSPS) is 16.5. The topological polar surface area (TPSA) is 54.5 Å². The molecule has 1 aliphatic rings. The van der Waals surface area contributed by atoms with Crippen LogP contribution in [0.15, 0.2) is 35.7 Å². The Morgan fingerprint density at radius 1 is 1.29 bits per heavy atom. The van der Waals surface area contributed by atoms with Crippen LogP contribution in [0.2, 0.25) is 0 Å². The maximum Gasteiger partial charge on any atom is 0.266 e. The highest BCUT2D eigenvalue weighted by molar-refractivity contribution is 7.13. The van der Waals surface area contributed by atoms with Crippen LogP contribution in [0, 0.1) is 0 Å². The van der Waals surface area contributed by atoms with Crippen molar-refractivity contribution in [2.24, 2.45) is 0 Å². The SMILES string of the molecule is C[C@H](Oc1ccccc1)C(=O)Nc1nc(CN2CCCCC2)cs1. The molecule has 1 aromatic heterocycles. The number of benzene rings is 1. The van der Waals surface area contributed by atoms with E-state index >= 15 is 0 Å². The number of aromatic nitrogens is 1. The van der Waals surface area contributed by atoms with Gasteiger partial charge in [-0.15, -0.1) is 11.3 Å². The summed E-state index contributed by atoms with van der Waals surface area (Å²) in [5.74, 6) is 0.503. The average Bonchev–Trinajstić information content (AvgIpc) is 3.03. The fraction of sp³-hybridized carbons (Fsp3) is 0.444. The van der Waals surface area contributed by atoms with E-state index in [2.05, 4.69) is 15.2 Å². The maximum absolute atomic E-state index is 12.2. The van der Waals surface area contributed by atoms with Gasteiger partial charge in [0.1, 0.15) is 5.75 Å². The van der Waals surface area contributed by atoms with Crippen LogP contribution < -0.4 is 10.1 Å². The Morgan fingerprint density at radius 2 is 2.04 bits per heavy atom. The molecule has 2 aromatic rings. The Labute approximate surface area is 146 Å². The van der Waals surface area contributed by atoms with Gasteiger partial charge in [0, 0.05) is 11.9 Å². The summed E-state index contributed by atoms with van der Waals surface area (Å²) in [5, 5.41) is 5.50. The Kier molecular flexibility index (Phi) is 5.82. The number of hydrogen-bond donors (Lipinski definition) is 1. The monoisotopic (exact) mass is 345 g/mol. The molecule has 6 heteroatoms. The third-order valence-electron chi connectivity index (χ3n) is 4.04. The lowest BCUT2D eigenvalue weighted by atomic mass is 10.1. The van der Waals surface area contributed by atoms with E-state index in [1.165, 1.54) is 30.6 Å². The van der Waals surface area contributed by atoms with Gasteiger partial charge in [-0.3, -0.25) is 15.0 Å². The maximum atomic E-state index is 12.2. The van der Waals surface area contributed by atoms with Gasteiger partial charge < -0.3 is 4.74 Å². The van der Waals surface area contributed by atoms with Crippen molar-refractivity contribution in [2.75, 3.05) is 18.4 Å². The van der Waals surface area contributed by atoms with Crippen molar-refractivity contribution in [2.45, 2.75) is 38.8 Å². The number of carbonyl (C=O) groups excluding carboxylic acids is 1. The molecule has 2 heterocycles. The van der Waals surface area contributed by atoms with E-state index in [0.717, 1.165) is 25.3 Å². The van der Waals surface area contributed by atoms with Crippen LogP contribution in [0.3, 0.4) is 0 Å². The van der Waals surface area contributed by atoms with E-state index in [-0.39, 0.29) is 5.91 Å². The minimum absolute atomic E-state index is 0.183. The summed E-state index contributed by atoms with van der Waals surface area (Å²) in [4.78, 5) is 19.2. The first-order chi connectivity index (χ1) is 11.7. The van der Waals surface area contributed by atoms with Gasteiger partial charge in [0.25, 0.3) is 5.91 Å². The van der Waals surface area contributed by atoms with Crippen LogP contribution in [-0.2, 0) is 11.3 Å². The fourth-order valence-electron chi connectivity index (χ4n) is 2.75. The molecule has 0 spiro atoms. The molecule has 1 amide bonds. The van der Waals surface area contributed by atoms with Crippen LogP contribution >= 0.6 is 11.3 Å². The summed E-state index contributed by atoms with van der Waals surface area (Å²) in [6.07, 6.45) is 3.29. The van der Waals surface area contributed by atoms with Crippen LogP contribution in [0.4, 0.5) is 5.13 Å². The summed E-state index contributed by atoms with van der Waals surface area (Å²) in [7, 11) is 0. The van der Waals surface area contributed by atoms with E-state index in [9.17, 15) is 4.79 Å². The predicted molar refractivity (Wildman–Crippen MR) is 96.4 cm³/mol. The molecule has 5 nitrogen and oxygen atoms in total. The Balaban J connectivity index is 1.51. The number of anilines is 1. The number of likely N-dealkylation sites (tertiary alicyclic amines) is 1. The number of carbonyl (C=O) groups is 1. The lowest BCUT2D eigenvalue weighted by Gasteiger charge is -2.25. The molecule has 0 aliphatic carbocycles.